The Morgan fingerprint density at radius 3 is 2.36 bits per heavy atom. The summed E-state index contributed by atoms with van der Waals surface area (Å²) in [7, 11) is -1.61. The third-order valence-corrected chi connectivity index (χ3v) is 6.84. The van der Waals surface area contributed by atoms with Gasteiger partial charge < -0.3 is 14.4 Å². The van der Waals surface area contributed by atoms with Crippen molar-refractivity contribution in [3.05, 3.63) is 53.1 Å². The number of pyridine rings is 1. The molecule has 178 valence electrons. The van der Waals surface area contributed by atoms with E-state index in [0.717, 1.165) is 5.69 Å². The van der Waals surface area contributed by atoms with E-state index in [9.17, 15) is 18.9 Å². The van der Waals surface area contributed by atoms with Gasteiger partial charge in [0, 0.05) is 23.9 Å². The number of carbonyl (C=O) groups is 1. The molecule has 1 heterocycles. The Morgan fingerprint density at radius 1 is 1.27 bits per heavy atom. The number of aliphatic hydroxyl groups excluding tert-OH is 1. The summed E-state index contributed by atoms with van der Waals surface area (Å²) in [6.45, 7) is 9.94. The normalized spacial score (nSPS) is 14.4. The molecule has 6 nitrogen and oxygen atoms in total. The zero-order chi connectivity index (χ0) is 24.9. The van der Waals surface area contributed by atoms with Crippen molar-refractivity contribution in [2.24, 2.45) is 0 Å². The van der Waals surface area contributed by atoms with Crippen molar-refractivity contribution < 1.29 is 28.1 Å². The molecule has 0 saturated heterocycles. The summed E-state index contributed by atoms with van der Waals surface area (Å²) in [5.41, 5.74) is 1.83. The number of halogens is 1. The van der Waals surface area contributed by atoms with E-state index in [4.69, 9.17) is 15.9 Å². The molecule has 1 aromatic carbocycles. The van der Waals surface area contributed by atoms with Crippen LogP contribution in [0.2, 0.25) is 0 Å². The molecule has 0 aliphatic heterocycles. The molecule has 3 atom stereocenters. The number of benzene rings is 1. The lowest BCUT2D eigenvalue weighted by atomic mass is 9.84. The van der Waals surface area contributed by atoms with Crippen LogP contribution in [-0.2, 0) is 24.0 Å². The van der Waals surface area contributed by atoms with Gasteiger partial charge in [0.1, 0.15) is 11.9 Å². The van der Waals surface area contributed by atoms with Crippen LogP contribution in [0, 0.1) is 18.3 Å². The molecule has 0 aliphatic rings. The number of hydrogen-bond acceptors (Lipinski definition) is 6. The van der Waals surface area contributed by atoms with Crippen molar-refractivity contribution in [1.82, 2.24) is 4.98 Å². The summed E-state index contributed by atoms with van der Waals surface area (Å²) in [6, 6.07) is 7.76. The van der Waals surface area contributed by atoms with Gasteiger partial charge in [0.2, 0.25) is 8.03 Å². The van der Waals surface area contributed by atoms with Crippen molar-refractivity contribution >= 4 is 14.0 Å². The number of terminal acetylenes is 1. The molecule has 3 unspecified atom stereocenters. The topological polar surface area (TPSA) is 85.7 Å². The lowest BCUT2D eigenvalue weighted by Crippen LogP contribution is -2.25. The zero-order valence-electron chi connectivity index (χ0n) is 19.8. The van der Waals surface area contributed by atoms with Crippen molar-refractivity contribution in [1.29, 1.82) is 0 Å². The average Bonchev–Trinajstić information content (AvgIpc) is 2.73. The Labute approximate surface area is 195 Å². The predicted octanol–water partition coefficient (Wildman–Crippen LogP) is 5.36. The molecule has 2 rings (SSSR count). The first-order chi connectivity index (χ1) is 15.4. The highest BCUT2D eigenvalue weighted by Crippen LogP contribution is 2.50. The number of rotatable bonds is 8. The van der Waals surface area contributed by atoms with Gasteiger partial charge in [0.05, 0.1) is 18.2 Å². The molecule has 1 aromatic heterocycles. The second-order valence-corrected chi connectivity index (χ2v) is 10.8. The molecule has 0 aliphatic carbocycles. The van der Waals surface area contributed by atoms with E-state index >= 15 is 0 Å². The number of nitrogens with zero attached hydrogens (tertiary/aromatic N) is 1. The fourth-order valence-electron chi connectivity index (χ4n) is 3.58. The largest absolute Gasteiger partial charge is 0.391 e. The Bertz CT molecular complexity index is 1050. The molecule has 0 spiro atoms. The fourth-order valence-corrected chi connectivity index (χ4v) is 4.81. The van der Waals surface area contributed by atoms with Crippen LogP contribution in [0.5, 0.6) is 0 Å². The molecule has 8 heteroatoms. The van der Waals surface area contributed by atoms with Gasteiger partial charge in [-0.1, -0.05) is 53.2 Å². The van der Waals surface area contributed by atoms with Crippen molar-refractivity contribution in [2.75, 3.05) is 7.11 Å². The molecule has 33 heavy (non-hydrogen) atoms. The van der Waals surface area contributed by atoms with Gasteiger partial charge in [-0.15, -0.1) is 0 Å². The highest BCUT2D eigenvalue weighted by molar-refractivity contribution is 7.39. The fraction of sp³-hybridized carbons (Fsp3) is 0.440. The first-order valence-electron chi connectivity index (χ1n) is 10.6. The first-order valence-corrected chi connectivity index (χ1v) is 12.0. The van der Waals surface area contributed by atoms with Crippen molar-refractivity contribution in [2.45, 2.75) is 64.1 Å². The van der Waals surface area contributed by atoms with Crippen molar-refractivity contribution in [3.63, 3.8) is 0 Å². The maximum atomic E-state index is 13.7. The number of carbonyl (C=O) groups excluding carboxylic acids is 1. The van der Waals surface area contributed by atoms with Crippen LogP contribution in [0.4, 0.5) is 4.39 Å². The second-order valence-electron chi connectivity index (χ2n) is 9.13. The predicted molar refractivity (Wildman–Crippen MR) is 127 cm³/mol. The minimum atomic E-state index is -2.89. The molecular weight excluding hydrogens is 444 g/mol. The number of hydrogen-bond donors (Lipinski definition) is 1. The van der Waals surface area contributed by atoms with Gasteiger partial charge in [-0.25, -0.2) is 4.39 Å². The maximum absolute atomic E-state index is 13.7. The Balaban J connectivity index is 2.87. The van der Waals surface area contributed by atoms with Crippen LogP contribution >= 0.6 is 8.03 Å². The second kappa shape index (κ2) is 11.1. The Hall–Kier alpha value is -2.52. The molecule has 0 bridgehead atoms. The summed E-state index contributed by atoms with van der Waals surface area (Å²) >= 11 is 0. The lowest BCUT2D eigenvalue weighted by Gasteiger charge is -2.30. The molecule has 1 N–H and O–H groups in total. The van der Waals surface area contributed by atoms with Crippen LogP contribution in [-0.4, -0.2) is 29.3 Å². The average molecular weight is 475 g/mol. The first kappa shape index (κ1) is 26.7. The van der Waals surface area contributed by atoms with Crippen molar-refractivity contribution in [3.8, 4) is 23.7 Å². The molecule has 0 fully saturated rings. The van der Waals surface area contributed by atoms with Crippen LogP contribution in [0.25, 0.3) is 11.1 Å². The van der Waals surface area contributed by atoms with Gasteiger partial charge >= 0.3 is 5.97 Å². The van der Waals surface area contributed by atoms with E-state index in [1.807, 2.05) is 40.7 Å². The van der Waals surface area contributed by atoms with Crippen LogP contribution in [0.1, 0.15) is 69.6 Å². The standard InChI is InChI=1S/C25H31FNO5P/c1-8-32-21(29)14-19(28)24(33(30)31-7)22-18(16-9-11-17(26)12-10-16)13-20(25(4,5)6)27-23(22)15(2)3/h1,9-13,15,19,24,28,33H,14H2,2-7H3. The smallest absolute Gasteiger partial charge is 0.322 e. The van der Waals surface area contributed by atoms with E-state index in [1.54, 1.807) is 18.2 Å². The Morgan fingerprint density at radius 2 is 1.88 bits per heavy atom. The van der Waals surface area contributed by atoms with Gasteiger partial charge in [-0.2, -0.15) is 0 Å². The Kier molecular flexibility index (Phi) is 8.97. The van der Waals surface area contributed by atoms with Gasteiger partial charge in [-0.3, -0.25) is 14.3 Å². The zero-order valence-corrected chi connectivity index (χ0v) is 20.8. The van der Waals surface area contributed by atoms with Gasteiger partial charge in [0.15, 0.2) is 0 Å². The van der Waals surface area contributed by atoms with E-state index in [1.165, 1.54) is 19.2 Å². The summed E-state index contributed by atoms with van der Waals surface area (Å²) in [6.07, 6.45) is 4.92. The number of ether oxygens (including phenoxy) is 1. The van der Waals surface area contributed by atoms with E-state index in [-0.39, 0.29) is 11.3 Å². The summed E-state index contributed by atoms with van der Waals surface area (Å²) in [5.74, 6) is -1.33. The molecule has 2 aromatic rings. The molecule has 0 radical (unpaired) electrons. The number of esters is 1. The third-order valence-electron chi connectivity index (χ3n) is 5.26. The number of aliphatic hydroxyl groups is 1. The van der Waals surface area contributed by atoms with E-state index in [2.05, 4.69) is 4.74 Å². The van der Waals surface area contributed by atoms with Gasteiger partial charge in [0.25, 0.3) is 0 Å². The van der Waals surface area contributed by atoms with Crippen LogP contribution < -0.4 is 0 Å². The van der Waals surface area contributed by atoms with E-state index in [0.29, 0.717) is 22.4 Å². The van der Waals surface area contributed by atoms with Crippen LogP contribution in [0.3, 0.4) is 0 Å². The summed E-state index contributed by atoms with van der Waals surface area (Å²) in [4.78, 5) is 16.9. The highest BCUT2D eigenvalue weighted by atomic mass is 31.1. The lowest BCUT2D eigenvalue weighted by molar-refractivity contribution is -0.139. The number of aromatic nitrogens is 1. The monoisotopic (exact) mass is 475 g/mol. The minimum absolute atomic E-state index is 0.111. The molecule has 0 amide bonds. The van der Waals surface area contributed by atoms with Crippen LogP contribution in [0.15, 0.2) is 30.3 Å². The van der Waals surface area contributed by atoms with E-state index < -0.39 is 38.0 Å². The SMILES string of the molecule is C#COC(=O)CC(O)C(c1c(-c2ccc(F)cc2)cc(C(C)(C)C)nc1C(C)C)[PH](=O)OC. The summed E-state index contributed by atoms with van der Waals surface area (Å²) < 4.78 is 36.5. The maximum Gasteiger partial charge on any atom is 0.322 e. The third kappa shape index (κ3) is 6.51. The molecule has 0 saturated carbocycles. The summed E-state index contributed by atoms with van der Waals surface area (Å²) in [5, 5.41) is 11.0. The highest BCUT2D eigenvalue weighted by Gasteiger charge is 2.36. The minimum Gasteiger partial charge on any atom is -0.391 e. The van der Waals surface area contributed by atoms with Gasteiger partial charge in [-0.05, 0) is 40.8 Å². The quantitative estimate of drug-likeness (QED) is 0.315. The molecular formula is C25H31FNO5P.